The Morgan fingerprint density at radius 2 is 2.00 bits per heavy atom. The van der Waals surface area contributed by atoms with Gasteiger partial charge in [-0.05, 0) is 44.0 Å². The second kappa shape index (κ2) is 6.87. The van der Waals surface area contributed by atoms with E-state index in [1.165, 1.54) is 12.5 Å². The van der Waals surface area contributed by atoms with Crippen molar-refractivity contribution in [3.05, 3.63) is 59.2 Å². The highest BCUT2D eigenvalue weighted by Crippen LogP contribution is 2.33. The summed E-state index contributed by atoms with van der Waals surface area (Å²) >= 11 is 0. The Labute approximate surface area is 142 Å². The van der Waals surface area contributed by atoms with Crippen LogP contribution in [-0.4, -0.2) is 24.8 Å². The summed E-state index contributed by atoms with van der Waals surface area (Å²) in [6, 6.07) is 13.5. The van der Waals surface area contributed by atoms with Gasteiger partial charge in [0.25, 0.3) is 0 Å². The van der Waals surface area contributed by atoms with Crippen molar-refractivity contribution in [3.63, 3.8) is 0 Å². The maximum Gasteiger partial charge on any atom is 0.227 e. The summed E-state index contributed by atoms with van der Waals surface area (Å²) in [5, 5.41) is 0. The van der Waals surface area contributed by atoms with E-state index in [9.17, 15) is 9.59 Å². The molecule has 124 valence electrons. The van der Waals surface area contributed by atoms with Gasteiger partial charge in [0.1, 0.15) is 12.4 Å². The second-order valence-corrected chi connectivity index (χ2v) is 6.12. The molecule has 0 spiro atoms. The van der Waals surface area contributed by atoms with Gasteiger partial charge in [-0.25, -0.2) is 0 Å². The van der Waals surface area contributed by atoms with Crippen molar-refractivity contribution in [2.75, 3.05) is 18.1 Å². The molecule has 0 N–H and O–H groups in total. The van der Waals surface area contributed by atoms with Gasteiger partial charge in [0.15, 0.2) is 5.78 Å². The number of benzene rings is 2. The Bertz CT molecular complexity index is 782. The summed E-state index contributed by atoms with van der Waals surface area (Å²) in [5.41, 5.74) is 3.65. The Balaban J connectivity index is 1.76. The highest BCUT2D eigenvalue weighted by atomic mass is 16.5. The molecule has 1 amide bonds. The van der Waals surface area contributed by atoms with E-state index in [1.54, 1.807) is 23.1 Å². The minimum atomic E-state index is -0.0180. The normalized spacial score (nSPS) is 13.2. The predicted octanol–water partition coefficient (Wildman–Crippen LogP) is 3.56. The van der Waals surface area contributed by atoms with Crippen LogP contribution < -0.4 is 9.64 Å². The molecule has 0 aromatic heterocycles. The maximum atomic E-state index is 12.7. The van der Waals surface area contributed by atoms with E-state index in [-0.39, 0.29) is 11.7 Å². The lowest BCUT2D eigenvalue weighted by molar-refractivity contribution is -0.118. The lowest BCUT2D eigenvalue weighted by Gasteiger charge is -2.30. The molecule has 1 aliphatic rings. The summed E-state index contributed by atoms with van der Waals surface area (Å²) in [4.78, 5) is 26.0. The van der Waals surface area contributed by atoms with Crippen LogP contribution in [0.1, 0.15) is 34.8 Å². The smallest absolute Gasteiger partial charge is 0.227 e. The van der Waals surface area contributed by atoms with E-state index in [2.05, 4.69) is 6.07 Å². The minimum absolute atomic E-state index is 0.0180. The van der Waals surface area contributed by atoms with Crippen molar-refractivity contribution < 1.29 is 14.3 Å². The van der Waals surface area contributed by atoms with Gasteiger partial charge in [0, 0.05) is 12.0 Å². The highest BCUT2D eigenvalue weighted by Gasteiger charge is 2.24. The van der Waals surface area contributed by atoms with Gasteiger partial charge in [-0.2, -0.15) is 0 Å². The van der Waals surface area contributed by atoms with E-state index in [4.69, 9.17) is 4.74 Å². The van der Waals surface area contributed by atoms with Crippen molar-refractivity contribution in [2.24, 2.45) is 0 Å². The molecule has 0 radical (unpaired) electrons. The van der Waals surface area contributed by atoms with Crippen molar-refractivity contribution in [2.45, 2.75) is 26.7 Å². The van der Waals surface area contributed by atoms with Crippen molar-refractivity contribution in [1.82, 2.24) is 0 Å². The molecule has 3 rings (SSSR count). The zero-order valence-electron chi connectivity index (χ0n) is 14.0. The number of fused-ring (bicyclic) bond motifs is 1. The van der Waals surface area contributed by atoms with Crippen LogP contribution in [0.3, 0.4) is 0 Å². The number of hydrogen-bond donors (Lipinski definition) is 0. The van der Waals surface area contributed by atoms with Crippen molar-refractivity contribution in [3.8, 4) is 5.75 Å². The van der Waals surface area contributed by atoms with E-state index in [0.717, 1.165) is 5.56 Å². The Hall–Kier alpha value is -2.62. The van der Waals surface area contributed by atoms with Crippen molar-refractivity contribution in [1.29, 1.82) is 0 Å². The first-order chi connectivity index (χ1) is 11.5. The number of ketones is 1. The van der Waals surface area contributed by atoms with E-state index < -0.39 is 0 Å². The zero-order chi connectivity index (χ0) is 17.1. The largest absolute Gasteiger partial charge is 0.490 e. The fourth-order valence-corrected chi connectivity index (χ4v) is 2.95. The summed E-state index contributed by atoms with van der Waals surface area (Å²) < 4.78 is 5.61. The molecule has 0 saturated heterocycles. The average molecular weight is 323 g/mol. The molecule has 2 aromatic rings. The molecule has 4 nitrogen and oxygen atoms in total. The molecule has 0 atom stereocenters. The number of amides is 1. The molecular formula is C20H21NO3. The quantitative estimate of drug-likeness (QED) is 0.808. The van der Waals surface area contributed by atoms with Crippen LogP contribution in [0.15, 0.2) is 42.5 Å². The van der Waals surface area contributed by atoms with Crippen molar-refractivity contribution >= 4 is 17.4 Å². The van der Waals surface area contributed by atoms with Crippen LogP contribution in [0.5, 0.6) is 5.75 Å². The van der Waals surface area contributed by atoms with Gasteiger partial charge in [-0.15, -0.1) is 0 Å². The maximum absolute atomic E-state index is 12.7. The molecule has 0 unspecified atom stereocenters. The number of anilines is 1. The molecule has 0 fully saturated rings. The first-order valence-corrected chi connectivity index (χ1v) is 8.18. The zero-order valence-corrected chi connectivity index (χ0v) is 14.0. The summed E-state index contributed by atoms with van der Waals surface area (Å²) in [6.07, 6.45) is 1.15. The first-order valence-electron chi connectivity index (χ1n) is 8.18. The molecule has 2 aromatic carbocycles. The third kappa shape index (κ3) is 3.48. The number of carbonyl (C=O) groups excluding carboxylic acids is 2. The number of nitrogens with zero attached hydrogens (tertiary/aromatic N) is 1. The Morgan fingerprint density at radius 3 is 2.75 bits per heavy atom. The van der Waals surface area contributed by atoms with E-state index >= 15 is 0 Å². The number of rotatable bonds is 4. The van der Waals surface area contributed by atoms with Crippen LogP contribution in [0.25, 0.3) is 0 Å². The summed E-state index contributed by atoms with van der Waals surface area (Å²) in [7, 11) is 0. The van der Waals surface area contributed by atoms with Gasteiger partial charge in [-0.3, -0.25) is 9.59 Å². The fourth-order valence-electron chi connectivity index (χ4n) is 2.95. The predicted molar refractivity (Wildman–Crippen MR) is 93.8 cm³/mol. The van der Waals surface area contributed by atoms with Crippen LogP contribution in [0.2, 0.25) is 0 Å². The average Bonchev–Trinajstić information content (AvgIpc) is 2.58. The lowest BCUT2D eigenvalue weighted by atomic mass is 10.1. The highest BCUT2D eigenvalue weighted by molar-refractivity contribution is 5.99. The monoisotopic (exact) mass is 323 g/mol. The molecule has 1 heterocycles. The lowest BCUT2D eigenvalue weighted by Crippen LogP contribution is -2.38. The van der Waals surface area contributed by atoms with Gasteiger partial charge >= 0.3 is 0 Å². The molecule has 24 heavy (non-hydrogen) atoms. The second-order valence-electron chi connectivity index (χ2n) is 6.12. The van der Waals surface area contributed by atoms with E-state index in [0.29, 0.717) is 43.0 Å². The summed E-state index contributed by atoms with van der Waals surface area (Å²) in [5.74, 6) is 0.701. The number of carbonyl (C=O) groups is 2. The molecule has 1 aliphatic heterocycles. The third-order valence-electron chi connectivity index (χ3n) is 4.24. The first kappa shape index (κ1) is 16.2. The number of hydrogen-bond acceptors (Lipinski definition) is 3. The van der Waals surface area contributed by atoms with Crippen LogP contribution in [0, 0.1) is 6.92 Å². The van der Waals surface area contributed by atoms with Gasteiger partial charge in [-0.1, -0.05) is 29.8 Å². The van der Waals surface area contributed by atoms with Gasteiger partial charge in [0.2, 0.25) is 5.91 Å². The molecule has 4 heteroatoms. The molecular weight excluding hydrogens is 302 g/mol. The summed E-state index contributed by atoms with van der Waals surface area (Å²) in [6.45, 7) is 4.56. The van der Waals surface area contributed by atoms with Gasteiger partial charge in [0.05, 0.1) is 12.2 Å². The molecule has 0 bridgehead atoms. The van der Waals surface area contributed by atoms with Crippen LogP contribution in [-0.2, 0) is 11.2 Å². The molecule has 0 saturated carbocycles. The minimum Gasteiger partial charge on any atom is -0.490 e. The third-order valence-corrected chi connectivity index (χ3v) is 4.24. The van der Waals surface area contributed by atoms with Gasteiger partial charge < -0.3 is 9.64 Å². The fraction of sp³-hybridized carbons (Fsp3) is 0.300. The standard InChI is InChI=1S/C20H21NO3/c1-14-4-3-5-16(12-14)6-9-20(23)21-10-11-24-19-8-7-17(15(2)22)13-18(19)21/h3-5,7-8,12-13H,6,9-11H2,1-2H3. The van der Waals surface area contributed by atoms with E-state index in [1.807, 2.05) is 25.1 Å². The number of aryl methyl sites for hydroxylation is 2. The topological polar surface area (TPSA) is 46.6 Å². The van der Waals surface area contributed by atoms with Crippen LogP contribution >= 0.6 is 0 Å². The number of ether oxygens (including phenoxy) is 1. The van der Waals surface area contributed by atoms with Crippen LogP contribution in [0.4, 0.5) is 5.69 Å². The Morgan fingerprint density at radius 1 is 1.17 bits per heavy atom. The number of Topliss-reactive ketones (excluding diaryl/α,β-unsaturated/α-hetero) is 1. The Kier molecular flexibility index (Phi) is 4.65. The SMILES string of the molecule is CC(=O)c1ccc2c(c1)N(C(=O)CCc1cccc(C)c1)CCO2. The molecule has 0 aliphatic carbocycles.